The summed E-state index contributed by atoms with van der Waals surface area (Å²) in [5.74, 6) is 2.56. The van der Waals surface area contributed by atoms with Crippen LogP contribution in [0.3, 0.4) is 0 Å². The highest BCUT2D eigenvalue weighted by Crippen LogP contribution is 2.23. The van der Waals surface area contributed by atoms with Crippen molar-refractivity contribution in [3.05, 3.63) is 24.2 Å². The van der Waals surface area contributed by atoms with Gasteiger partial charge in [-0.2, -0.15) is 0 Å². The standard InChI is InChI=1S/C13H17N3O3S/c1-19-11-2-3-12-14-15-13(16(12)9-11)8-10-4-6-20(17,18)7-5-10/h2-3,9-10H,4-8H2,1H3. The number of aromatic nitrogens is 3. The van der Waals surface area contributed by atoms with Crippen LogP contribution in [-0.2, 0) is 16.3 Å². The van der Waals surface area contributed by atoms with Crippen molar-refractivity contribution >= 4 is 15.5 Å². The molecule has 0 spiro atoms. The number of sulfone groups is 1. The smallest absolute Gasteiger partial charge is 0.161 e. The number of fused-ring (bicyclic) bond motifs is 1. The summed E-state index contributed by atoms with van der Waals surface area (Å²) in [6.07, 6.45) is 4.04. The van der Waals surface area contributed by atoms with Crippen LogP contribution < -0.4 is 4.74 Å². The minimum absolute atomic E-state index is 0.289. The van der Waals surface area contributed by atoms with Crippen molar-refractivity contribution in [1.82, 2.24) is 14.6 Å². The number of hydrogen-bond donors (Lipinski definition) is 0. The Labute approximate surface area is 117 Å². The van der Waals surface area contributed by atoms with Crippen LogP contribution >= 0.6 is 0 Å². The van der Waals surface area contributed by atoms with Gasteiger partial charge in [0.2, 0.25) is 0 Å². The molecule has 2 aromatic heterocycles. The van der Waals surface area contributed by atoms with Crippen molar-refractivity contribution in [2.45, 2.75) is 19.3 Å². The molecule has 0 saturated carbocycles. The van der Waals surface area contributed by atoms with Crippen molar-refractivity contribution in [1.29, 1.82) is 0 Å². The summed E-state index contributed by atoms with van der Waals surface area (Å²) >= 11 is 0. The average molecular weight is 295 g/mol. The van der Waals surface area contributed by atoms with Crippen molar-refractivity contribution in [2.75, 3.05) is 18.6 Å². The zero-order valence-electron chi connectivity index (χ0n) is 11.3. The minimum atomic E-state index is -2.81. The van der Waals surface area contributed by atoms with Gasteiger partial charge in [-0.05, 0) is 30.9 Å². The lowest BCUT2D eigenvalue weighted by Gasteiger charge is -2.20. The lowest BCUT2D eigenvalue weighted by Crippen LogP contribution is -2.25. The third-order valence-electron chi connectivity index (χ3n) is 3.83. The Morgan fingerprint density at radius 2 is 2.05 bits per heavy atom. The lowest BCUT2D eigenvalue weighted by atomic mass is 9.98. The largest absolute Gasteiger partial charge is 0.495 e. The zero-order valence-corrected chi connectivity index (χ0v) is 12.1. The highest BCUT2D eigenvalue weighted by molar-refractivity contribution is 7.91. The molecule has 0 aliphatic carbocycles. The van der Waals surface area contributed by atoms with E-state index in [9.17, 15) is 8.42 Å². The molecule has 3 heterocycles. The molecule has 0 atom stereocenters. The van der Waals surface area contributed by atoms with E-state index in [0.29, 0.717) is 18.8 Å². The number of ether oxygens (including phenoxy) is 1. The molecule has 7 heteroatoms. The van der Waals surface area contributed by atoms with Crippen LogP contribution in [0.15, 0.2) is 18.3 Å². The van der Waals surface area contributed by atoms with E-state index in [1.807, 2.05) is 22.7 Å². The molecule has 0 bridgehead atoms. The zero-order chi connectivity index (χ0) is 14.2. The normalized spacial score (nSPS) is 19.2. The average Bonchev–Trinajstić information content (AvgIpc) is 2.83. The van der Waals surface area contributed by atoms with Crippen LogP contribution in [0.5, 0.6) is 5.75 Å². The molecule has 0 amide bonds. The second-order valence-corrected chi connectivity index (χ2v) is 7.52. The molecule has 1 aliphatic rings. The summed E-state index contributed by atoms with van der Waals surface area (Å²) in [5.41, 5.74) is 0.782. The van der Waals surface area contributed by atoms with E-state index in [4.69, 9.17) is 4.74 Å². The molecule has 0 aromatic carbocycles. The van der Waals surface area contributed by atoms with Crippen LogP contribution in [0.2, 0.25) is 0 Å². The molecule has 1 aliphatic heterocycles. The van der Waals surface area contributed by atoms with E-state index in [-0.39, 0.29) is 11.5 Å². The van der Waals surface area contributed by atoms with Crippen LogP contribution in [0.1, 0.15) is 18.7 Å². The highest BCUT2D eigenvalue weighted by Gasteiger charge is 2.25. The number of nitrogens with zero attached hydrogens (tertiary/aromatic N) is 3. The number of rotatable bonds is 3. The van der Waals surface area contributed by atoms with E-state index in [1.165, 1.54) is 0 Å². The Hall–Kier alpha value is -1.63. The van der Waals surface area contributed by atoms with Gasteiger partial charge in [-0.1, -0.05) is 0 Å². The highest BCUT2D eigenvalue weighted by atomic mass is 32.2. The number of pyridine rings is 1. The van der Waals surface area contributed by atoms with Crippen LogP contribution in [0, 0.1) is 5.92 Å². The fourth-order valence-corrected chi connectivity index (χ4v) is 4.17. The summed E-state index contributed by atoms with van der Waals surface area (Å²) < 4.78 is 30.0. The van der Waals surface area contributed by atoms with Gasteiger partial charge in [0, 0.05) is 6.42 Å². The molecule has 3 rings (SSSR count). The number of hydrogen-bond acceptors (Lipinski definition) is 5. The summed E-state index contributed by atoms with van der Waals surface area (Å²) in [6, 6.07) is 3.71. The molecule has 108 valence electrons. The maximum absolute atomic E-state index is 11.4. The fraction of sp³-hybridized carbons (Fsp3) is 0.538. The van der Waals surface area contributed by atoms with Crippen molar-refractivity contribution in [3.63, 3.8) is 0 Å². The summed E-state index contributed by atoms with van der Waals surface area (Å²) in [6.45, 7) is 0. The number of methoxy groups -OCH3 is 1. The van der Waals surface area contributed by atoms with Crippen LogP contribution in [0.4, 0.5) is 0 Å². The summed E-state index contributed by atoms with van der Waals surface area (Å²) in [5, 5.41) is 8.34. The van der Waals surface area contributed by atoms with E-state index in [2.05, 4.69) is 10.2 Å². The Bertz CT molecular complexity index is 710. The van der Waals surface area contributed by atoms with Crippen LogP contribution in [-0.4, -0.2) is 41.6 Å². The molecular weight excluding hydrogens is 278 g/mol. The molecule has 6 nitrogen and oxygen atoms in total. The van der Waals surface area contributed by atoms with Gasteiger partial charge in [0.1, 0.15) is 21.4 Å². The van der Waals surface area contributed by atoms with Crippen molar-refractivity contribution in [3.8, 4) is 5.75 Å². The molecule has 1 saturated heterocycles. The second-order valence-electron chi connectivity index (χ2n) is 5.21. The summed E-state index contributed by atoms with van der Waals surface area (Å²) in [7, 11) is -1.19. The lowest BCUT2D eigenvalue weighted by molar-refractivity contribution is 0.411. The topological polar surface area (TPSA) is 73.6 Å². The third-order valence-corrected chi connectivity index (χ3v) is 5.54. The first kappa shape index (κ1) is 13.4. The van der Waals surface area contributed by atoms with E-state index in [1.54, 1.807) is 7.11 Å². The van der Waals surface area contributed by atoms with Gasteiger partial charge in [-0.3, -0.25) is 4.40 Å². The van der Waals surface area contributed by atoms with Gasteiger partial charge in [-0.25, -0.2) is 8.42 Å². The molecule has 0 N–H and O–H groups in total. The monoisotopic (exact) mass is 295 g/mol. The van der Waals surface area contributed by atoms with Gasteiger partial charge in [-0.15, -0.1) is 10.2 Å². The Morgan fingerprint density at radius 1 is 1.30 bits per heavy atom. The maximum Gasteiger partial charge on any atom is 0.161 e. The molecule has 1 fully saturated rings. The Balaban J connectivity index is 1.81. The molecule has 0 radical (unpaired) electrons. The SMILES string of the molecule is COc1ccc2nnc(CC3CCS(=O)(=O)CC3)n2c1. The van der Waals surface area contributed by atoms with Gasteiger partial charge < -0.3 is 4.74 Å². The Morgan fingerprint density at radius 3 is 2.75 bits per heavy atom. The van der Waals surface area contributed by atoms with E-state index >= 15 is 0 Å². The molecule has 2 aromatic rings. The first-order chi connectivity index (χ1) is 9.57. The van der Waals surface area contributed by atoms with Crippen LogP contribution in [0.25, 0.3) is 5.65 Å². The summed E-state index contributed by atoms with van der Waals surface area (Å²) in [4.78, 5) is 0. The quantitative estimate of drug-likeness (QED) is 0.848. The minimum Gasteiger partial charge on any atom is -0.495 e. The molecule has 0 unspecified atom stereocenters. The van der Waals surface area contributed by atoms with Crippen molar-refractivity contribution < 1.29 is 13.2 Å². The van der Waals surface area contributed by atoms with Gasteiger partial charge >= 0.3 is 0 Å². The van der Waals surface area contributed by atoms with Gasteiger partial charge in [0.05, 0.1) is 24.8 Å². The first-order valence-corrected chi connectivity index (χ1v) is 8.47. The van der Waals surface area contributed by atoms with Gasteiger partial charge in [0.15, 0.2) is 5.65 Å². The van der Waals surface area contributed by atoms with E-state index in [0.717, 1.165) is 23.6 Å². The Kier molecular flexibility index (Phi) is 3.37. The molecular formula is C13H17N3O3S. The van der Waals surface area contributed by atoms with Crippen molar-refractivity contribution in [2.24, 2.45) is 5.92 Å². The maximum atomic E-state index is 11.4. The first-order valence-electron chi connectivity index (χ1n) is 6.65. The van der Waals surface area contributed by atoms with Gasteiger partial charge in [0.25, 0.3) is 0 Å². The predicted molar refractivity (Wildman–Crippen MR) is 74.6 cm³/mol. The second kappa shape index (κ2) is 5.05. The third kappa shape index (κ3) is 2.63. The predicted octanol–water partition coefficient (Wildman–Crippen LogP) is 1.11. The molecule has 20 heavy (non-hydrogen) atoms. The fourth-order valence-electron chi connectivity index (χ4n) is 2.58. The van der Waals surface area contributed by atoms with E-state index < -0.39 is 9.84 Å².